The molecule has 1 aliphatic heterocycles. The summed E-state index contributed by atoms with van der Waals surface area (Å²) in [5.41, 5.74) is 1.18. The van der Waals surface area contributed by atoms with E-state index >= 15 is 0 Å². The largest absolute Gasteiger partial charge is 0.463 e. The topological polar surface area (TPSA) is 183 Å². The molecular formula is C21H21N7O7. The predicted octanol–water partition coefficient (Wildman–Crippen LogP) is 1.09. The molecule has 0 spiro atoms. The Kier molecular flexibility index (Phi) is 6.60. The van der Waals surface area contributed by atoms with Gasteiger partial charge in [-0.15, -0.1) is 0 Å². The number of nitriles is 1. The van der Waals surface area contributed by atoms with Gasteiger partial charge < -0.3 is 29.2 Å². The zero-order valence-electron chi connectivity index (χ0n) is 18.9. The first-order valence-corrected chi connectivity index (χ1v) is 10.4. The van der Waals surface area contributed by atoms with Crippen LogP contribution in [0.4, 0.5) is 11.5 Å². The molecule has 4 atom stereocenters. The van der Waals surface area contributed by atoms with Gasteiger partial charge in [0.2, 0.25) is 5.82 Å². The average molecular weight is 483 g/mol. The van der Waals surface area contributed by atoms with Crippen LogP contribution in [-0.4, -0.2) is 67.3 Å². The molecule has 4 rings (SSSR count). The number of anilines is 2. The van der Waals surface area contributed by atoms with Crippen LogP contribution >= 0.6 is 0 Å². The van der Waals surface area contributed by atoms with E-state index in [9.17, 15) is 19.6 Å². The lowest BCUT2D eigenvalue weighted by molar-refractivity contribution is -0.166. The van der Waals surface area contributed by atoms with Gasteiger partial charge in [-0.3, -0.25) is 19.0 Å². The van der Waals surface area contributed by atoms with Gasteiger partial charge in [0.15, 0.2) is 35.4 Å². The summed E-state index contributed by atoms with van der Waals surface area (Å²) >= 11 is 0. The van der Waals surface area contributed by atoms with Gasteiger partial charge in [0.1, 0.15) is 18.8 Å². The highest BCUT2D eigenvalue weighted by Gasteiger charge is 2.51. The van der Waals surface area contributed by atoms with Crippen molar-refractivity contribution in [2.75, 3.05) is 11.9 Å². The Hall–Kier alpha value is -4.51. The van der Waals surface area contributed by atoms with Gasteiger partial charge in [-0.05, 0) is 6.07 Å². The number of rotatable bonds is 7. The minimum Gasteiger partial charge on any atom is -0.463 e. The van der Waals surface area contributed by atoms with Crippen LogP contribution in [0.15, 0.2) is 24.8 Å². The minimum absolute atomic E-state index is 0.146. The smallest absolute Gasteiger partial charge is 0.303 e. The van der Waals surface area contributed by atoms with Crippen LogP contribution < -0.4 is 5.32 Å². The highest BCUT2D eigenvalue weighted by molar-refractivity contribution is 5.85. The van der Waals surface area contributed by atoms with E-state index in [1.807, 2.05) is 6.07 Å². The van der Waals surface area contributed by atoms with E-state index < -0.39 is 42.4 Å². The number of aromatic nitrogens is 5. The molecule has 182 valence electrons. The second-order valence-electron chi connectivity index (χ2n) is 7.57. The summed E-state index contributed by atoms with van der Waals surface area (Å²) in [5.74, 6) is -1.75. The summed E-state index contributed by atoms with van der Waals surface area (Å²) < 4.78 is 23.4. The maximum absolute atomic E-state index is 11.9. The molecule has 0 aromatic carbocycles. The number of H-pyrrole nitrogens is 1. The van der Waals surface area contributed by atoms with Gasteiger partial charge in [-0.2, -0.15) is 15.2 Å². The molecule has 3 aromatic heterocycles. The van der Waals surface area contributed by atoms with Gasteiger partial charge in [0.05, 0.1) is 12.0 Å². The van der Waals surface area contributed by atoms with E-state index in [1.54, 1.807) is 18.5 Å². The average Bonchev–Trinajstić information content (AvgIpc) is 3.52. The number of ether oxygens (including phenoxy) is 4. The maximum Gasteiger partial charge on any atom is 0.303 e. The molecule has 1 fully saturated rings. The number of imidazole rings is 1. The summed E-state index contributed by atoms with van der Waals surface area (Å²) in [4.78, 5) is 50.8. The van der Waals surface area contributed by atoms with E-state index in [0.717, 1.165) is 0 Å². The van der Waals surface area contributed by atoms with Gasteiger partial charge in [-0.1, -0.05) is 0 Å². The van der Waals surface area contributed by atoms with E-state index in [2.05, 4.69) is 25.3 Å². The molecule has 0 radical (unpaired) electrons. The fourth-order valence-electron chi connectivity index (χ4n) is 3.70. The van der Waals surface area contributed by atoms with E-state index in [4.69, 9.17) is 18.9 Å². The molecule has 14 heteroatoms. The second kappa shape index (κ2) is 9.77. The Bertz CT molecular complexity index is 1300. The zero-order chi connectivity index (χ0) is 25.1. The fourth-order valence-corrected chi connectivity index (χ4v) is 3.70. The van der Waals surface area contributed by atoms with Crippen LogP contribution in [0, 0.1) is 11.3 Å². The molecule has 0 unspecified atom stereocenters. The lowest BCUT2D eigenvalue weighted by atomic mass is 10.1. The van der Waals surface area contributed by atoms with Crippen molar-refractivity contribution in [1.29, 1.82) is 5.26 Å². The van der Waals surface area contributed by atoms with Gasteiger partial charge in [-0.25, -0.2) is 4.98 Å². The van der Waals surface area contributed by atoms with Crippen molar-refractivity contribution in [1.82, 2.24) is 24.5 Å². The molecule has 4 heterocycles. The molecular weight excluding hydrogens is 462 g/mol. The Morgan fingerprint density at radius 1 is 1.17 bits per heavy atom. The summed E-state index contributed by atoms with van der Waals surface area (Å²) in [5, 5.41) is 12.5. The molecule has 0 saturated carbocycles. The first-order valence-electron chi connectivity index (χ1n) is 10.4. The van der Waals surface area contributed by atoms with Crippen LogP contribution in [0.2, 0.25) is 0 Å². The number of hydrogen-bond acceptors (Lipinski definition) is 12. The second-order valence-corrected chi connectivity index (χ2v) is 7.57. The summed E-state index contributed by atoms with van der Waals surface area (Å²) in [6.45, 7) is 3.35. The third-order valence-corrected chi connectivity index (χ3v) is 5.00. The number of nitrogens with zero attached hydrogens (tertiary/aromatic N) is 5. The Morgan fingerprint density at radius 3 is 2.54 bits per heavy atom. The first-order chi connectivity index (χ1) is 16.8. The van der Waals surface area contributed by atoms with Crippen molar-refractivity contribution in [3.8, 4) is 6.07 Å². The Morgan fingerprint density at radius 2 is 1.91 bits per heavy atom. The molecule has 0 bridgehead atoms. The SMILES string of the molecule is CC(=O)OC[C@@H]1O[C@@H](n2cnc3c(Nc4cc[nH]c4)nc(C#N)nc32)[C@H](OC(C)=O)[C@@H]1OC(C)=O. The Balaban J connectivity index is 1.78. The molecule has 14 nitrogen and oxygen atoms in total. The lowest BCUT2D eigenvalue weighted by Crippen LogP contribution is -2.40. The standard InChI is InChI=1S/C21H21N7O7/c1-10(29)32-8-14-17(33-11(2)30)18(34-12(3)31)21(35-14)28-9-24-16-19(25-13-4-5-23-7-13)26-15(6-22)27-20(16)28/h4-5,7,9,14,17-18,21,23H,8H2,1-3H3,(H,25,26,27)/t14-,17+,18+,21+/m0/s1. The summed E-state index contributed by atoms with van der Waals surface area (Å²) in [6.07, 6.45) is 0.530. The van der Waals surface area contributed by atoms with Crippen LogP contribution in [0.3, 0.4) is 0 Å². The molecule has 35 heavy (non-hydrogen) atoms. The maximum atomic E-state index is 11.9. The molecule has 3 aromatic rings. The molecule has 1 aliphatic rings. The van der Waals surface area contributed by atoms with Gasteiger partial charge in [0, 0.05) is 33.2 Å². The number of fused-ring (bicyclic) bond motifs is 1. The first kappa shape index (κ1) is 23.6. The number of carbonyl (C=O) groups excluding carboxylic acids is 3. The van der Waals surface area contributed by atoms with Crippen LogP contribution in [0.25, 0.3) is 11.2 Å². The predicted molar refractivity (Wildman–Crippen MR) is 116 cm³/mol. The van der Waals surface area contributed by atoms with Gasteiger partial charge in [0.25, 0.3) is 0 Å². The molecule has 0 amide bonds. The van der Waals surface area contributed by atoms with E-state index in [-0.39, 0.29) is 23.9 Å². The zero-order valence-corrected chi connectivity index (χ0v) is 18.9. The molecule has 2 N–H and O–H groups in total. The van der Waals surface area contributed by atoms with Crippen molar-refractivity contribution >= 4 is 40.6 Å². The normalized spacial score (nSPS) is 21.3. The lowest BCUT2D eigenvalue weighted by Gasteiger charge is -2.23. The monoisotopic (exact) mass is 483 g/mol. The van der Waals surface area contributed by atoms with Crippen molar-refractivity contribution < 1.29 is 33.3 Å². The number of aromatic amines is 1. The van der Waals surface area contributed by atoms with Gasteiger partial charge >= 0.3 is 17.9 Å². The van der Waals surface area contributed by atoms with Crippen molar-refractivity contribution in [3.63, 3.8) is 0 Å². The summed E-state index contributed by atoms with van der Waals surface area (Å²) in [7, 11) is 0. The number of nitrogens with one attached hydrogen (secondary N) is 2. The molecule has 0 aliphatic carbocycles. The quantitative estimate of drug-likeness (QED) is 0.361. The highest BCUT2D eigenvalue weighted by Crippen LogP contribution is 2.36. The van der Waals surface area contributed by atoms with Crippen molar-refractivity contribution in [2.45, 2.75) is 45.3 Å². The van der Waals surface area contributed by atoms with Crippen LogP contribution in [0.1, 0.15) is 32.8 Å². The van der Waals surface area contributed by atoms with Crippen molar-refractivity contribution in [2.24, 2.45) is 0 Å². The third kappa shape index (κ3) is 5.04. The fraction of sp³-hybridized carbons (Fsp3) is 0.381. The highest BCUT2D eigenvalue weighted by atomic mass is 16.7. The number of carbonyl (C=O) groups is 3. The summed E-state index contributed by atoms with van der Waals surface area (Å²) in [6, 6.07) is 3.66. The van der Waals surface area contributed by atoms with E-state index in [1.165, 1.54) is 31.7 Å². The Labute approximate surface area is 198 Å². The molecule has 1 saturated heterocycles. The minimum atomic E-state index is -1.13. The van der Waals surface area contributed by atoms with Crippen molar-refractivity contribution in [3.05, 3.63) is 30.6 Å². The third-order valence-electron chi connectivity index (χ3n) is 5.00. The van der Waals surface area contributed by atoms with Crippen LogP contribution in [-0.2, 0) is 33.3 Å². The van der Waals surface area contributed by atoms with E-state index in [0.29, 0.717) is 11.2 Å². The number of hydrogen-bond donors (Lipinski definition) is 2. The van der Waals surface area contributed by atoms with Crippen LogP contribution in [0.5, 0.6) is 0 Å². The number of esters is 3.